The number of anilines is 1. The Morgan fingerprint density at radius 3 is 2.83 bits per heavy atom. The highest BCUT2D eigenvalue weighted by molar-refractivity contribution is 6.11. The zero-order valence-corrected chi connectivity index (χ0v) is 9.43. The van der Waals surface area contributed by atoms with Gasteiger partial charge >= 0.3 is 5.97 Å². The molecule has 6 nitrogen and oxygen atoms in total. The van der Waals surface area contributed by atoms with E-state index in [0.717, 1.165) is 11.0 Å². The highest BCUT2D eigenvalue weighted by Crippen LogP contribution is 2.46. The van der Waals surface area contributed by atoms with Gasteiger partial charge in [0.1, 0.15) is 5.41 Å². The minimum atomic E-state index is -1.22. The van der Waals surface area contributed by atoms with Gasteiger partial charge in [-0.05, 0) is 31.0 Å². The second kappa shape index (κ2) is 3.56. The number of rotatable bonds is 3. The number of aromatic nitrogens is 2. The molecule has 1 aromatic heterocycles. The van der Waals surface area contributed by atoms with Crippen molar-refractivity contribution in [2.75, 3.05) is 5.32 Å². The first kappa shape index (κ1) is 10.8. The van der Waals surface area contributed by atoms with E-state index in [1.54, 1.807) is 24.5 Å². The largest absolute Gasteiger partial charge is 0.480 e. The van der Waals surface area contributed by atoms with E-state index in [9.17, 15) is 9.59 Å². The second-order valence-electron chi connectivity index (χ2n) is 4.48. The number of benzene rings is 1. The number of hydrogen-bond acceptors (Lipinski definition) is 3. The molecule has 1 aliphatic rings. The van der Waals surface area contributed by atoms with Crippen molar-refractivity contribution >= 4 is 28.6 Å². The fourth-order valence-corrected chi connectivity index (χ4v) is 1.93. The van der Waals surface area contributed by atoms with Crippen molar-refractivity contribution in [3.8, 4) is 0 Å². The minimum Gasteiger partial charge on any atom is -0.480 e. The number of nitrogens with one attached hydrogen (secondary N) is 2. The number of fused-ring (bicyclic) bond motifs is 1. The summed E-state index contributed by atoms with van der Waals surface area (Å²) in [5.41, 5.74) is 0.952. The van der Waals surface area contributed by atoms with Gasteiger partial charge in [0.2, 0.25) is 5.91 Å². The average molecular weight is 245 g/mol. The van der Waals surface area contributed by atoms with Gasteiger partial charge in [-0.25, -0.2) is 4.98 Å². The monoisotopic (exact) mass is 245 g/mol. The first-order valence-corrected chi connectivity index (χ1v) is 5.60. The summed E-state index contributed by atoms with van der Waals surface area (Å²) in [6.45, 7) is 0. The number of carboxylic acid groups (broad SMARTS) is 1. The zero-order valence-electron chi connectivity index (χ0n) is 9.43. The van der Waals surface area contributed by atoms with E-state index in [4.69, 9.17) is 5.11 Å². The normalized spacial score (nSPS) is 16.4. The Hall–Kier alpha value is -2.37. The lowest BCUT2D eigenvalue weighted by Crippen LogP contribution is -2.31. The van der Waals surface area contributed by atoms with E-state index in [2.05, 4.69) is 15.3 Å². The molecule has 3 N–H and O–H groups in total. The summed E-state index contributed by atoms with van der Waals surface area (Å²) >= 11 is 0. The van der Waals surface area contributed by atoms with Gasteiger partial charge in [0, 0.05) is 5.69 Å². The zero-order chi connectivity index (χ0) is 12.8. The van der Waals surface area contributed by atoms with Gasteiger partial charge in [-0.15, -0.1) is 0 Å². The van der Waals surface area contributed by atoms with Crippen LogP contribution in [0.4, 0.5) is 5.69 Å². The highest BCUT2D eigenvalue weighted by Gasteiger charge is 2.57. The SMILES string of the molecule is O=C(O)C1(C(=O)Nc2ccc3nc[nH]c3c2)CC1. The molecule has 0 saturated heterocycles. The van der Waals surface area contributed by atoms with Crippen molar-refractivity contribution in [1.29, 1.82) is 0 Å². The number of nitrogens with zero attached hydrogens (tertiary/aromatic N) is 1. The summed E-state index contributed by atoms with van der Waals surface area (Å²) in [7, 11) is 0. The fraction of sp³-hybridized carbons (Fsp3) is 0.250. The number of carboxylic acids is 1. The smallest absolute Gasteiger partial charge is 0.319 e. The van der Waals surface area contributed by atoms with E-state index < -0.39 is 17.3 Å². The molecule has 0 spiro atoms. The van der Waals surface area contributed by atoms with Crippen LogP contribution in [0.2, 0.25) is 0 Å². The van der Waals surface area contributed by atoms with Crippen LogP contribution in [0.1, 0.15) is 12.8 Å². The van der Waals surface area contributed by atoms with Gasteiger partial charge in [-0.1, -0.05) is 0 Å². The maximum Gasteiger partial charge on any atom is 0.319 e. The van der Waals surface area contributed by atoms with Crippen molar-refractivity contribution in [2.24, 2.45) is 5.41 Å². The molecule has 0 radical (unpaired) electrons. The number of hydrogen-bond donors (Lipinski definition) is 3. The summed E-state index contributed by atoms with van der Waals surface area (Å²) < 4.78 is 0. The van der Waals surface area contributed by atoms with Crippen LogP contribution >= 0.6 is 0 Å². The molecule has 6 heteroatoms. The minimum absolute atomic E-state index is 0.403. The summed E-state index contributed by atoms with van der Waals surface area (Å²) in [6.07, 6.45) is 2.37. The number of imidazole rings is 1. The van der Waals surface area contributed by atoms with Gasteiger partial charge in [0.25, 0.3) is 0 Å². The molecule has 3 rings (SSSR count). The molecule has 1 fully saturated rings. The predicted molar refractivity (Wildman–Crippen MR) is 64.0 cm³/mol. The molecule has 92 valence electrons. The topological polar surface area (TPSA) is 95.1 Å². The van der Waals surface area contributed by atoms with Crippen LogP contribution in [0.3, 0.4) is 0 Å². The first-order valence-electron chi connectivity index (χ1n) is 5.60. The third-order valence-electron chi connectivity index (χ3n) is 3.27. The van der Waals surface area contributed by atoms with Crippen molar-refractivity contribution in [2.45, 2.75) is 12.8 Å². The number of H-pyrrole nitrogens is 1. The molecular weight excluding hydrogens is 234 g/mol. The van der Waals surface area contributed by atoms with Crippen molar-refractivity contribution in [1.82, 2.24) is 9.97 Å². The van der Waals surface area contributed by atoms with Gasteiger partial charge in [-0.3, -0.25) is 9.59 Å². The summed E-state index contributed by atoms with van der Waals surface area (Å²) in [4.78, 5) is 29.9. The number of amides is 1. The predicted octanol–water partition coefficient (Wildman–Crippen LogP) is 1.37. The molecule has 1 saturated carbocycles. The van der Waals surface area contributed by atoms with Crippen molar-refractivity contribution < 1.29 is 14.7 Å². The van der Waals surface area contributed by atoms with Crippen LogP contribution in [0.5, 0.6) is 0 Å². The number of aromatic amines is 1. The van der Waals surface area contributed by atoms with Gasteiger partial charge in [0.05, 0.1) is 17.4 Å². The molecule has 1 heterocycles. The average Bonchev–Trinajstić information content (AvgIpc) is 3.03. The molecule has 0 aliphatic heterocycles. The Morgan fingerprint density at radius 1 is 1.39 bits per heavy atom. The van der Waals surface area contributed by atoms with E-state index in [1.807, 2.05) is 0 Å². The molecule has 18 heavy (non-hydrogen) atoms. The summed E-state index contributed by atoms with van der Waals surface area (Å²) in [6, 6.07) is 5.21. The molecule has 0 atom stereocenters. The van der Waals surface area contributed by atoms with E-state index >= 15 is 0 Å². The summed E-state index contributed by atoms with van der Waals surface area (Å²) in [5, 5.41) is 11.7. The maximum atomic E-state index is 11.9. The van der Waals surface area contributed by atoms with Crippen molar-refractivity contribution in [3.63, 3.8) is 0 Å². The van der Waals surface area contributed by atoms with Gasteiger partial charge < -0.3 is 15.4 Å². The molecule has 1 aromatic carbocycles. The second-order valence-corrected chi connectivity index (χ2v) is 4.48. The molecule has 0 unspecified atom stereocenters. The maximum absolute atomic E-state index is 11.9. The Kier molecular flexibility index (Phi) is 2.13. The Balaban J connectivity index is 1.84. The van der Waals surface area contributed by atoms with Crippen LogP contribution < -0.4 is 5.32 Å². The lowest BCUT2D eigenvalue weighted by molar-refractivity contribution is -0.147. The Labute approximate surface area is 102 Å². The van der Waals surface area contributed by atoms with Crippen LogP contribution in [0.15, 0.2) is 24.5 Å². The van der Waals surface area contributed by atoms with Gasteiger partial charge in [-0.2, -0.15) is 0 Å². The molecule has 0 bridgehead atoms. The Morgan fingerprint density at radius 2 is 2.17 bits per heavy atom. The lowest BCUT2D eigenvalue weighted by Gasteiger charge is -2.10. The number of aliphatic carboxylic acids is 1. The van der Waals surface area contributed by atoms with E-state index in [-0.39, 0.29) is 0 Å². The molecular formula is C12H11N3O3. The molecule has 1 amide bonds. The quantitative estimate of drug-likeness (QED) is 0.711. The number of carbonyl (C=O) groups excluding carboxylic acids is 1. The molecule has 1 aliphatic carbocycles. The fourth-order valence-electron chi connectivity index (χ4n) is 1.93. The van der Waals surface area contributed by atoms with Crippen LogP contribution in [-0.4, -0.2) is 27.0 Å². The third kappa shape index (κ3) is 1.54. The van der Waals surface area contributed by atoms with Crippen LogP contribution in [0.25, 0.3) is 11.0 Å². The number of carbonyl (C=O) groups is 2. The first-order chi connectivity index (χ1) is 8.62. The summed E-state index contributed by atoms with van der Waals surface area (Å²) in [5.74, 6) is -1.50. The van der Waals surface area contributed by atoms with Crippen molar-refractivity contribution in [3.05, 3.63) is 24.5 Å². The molecule has 2 aromatic rings. The van der Waals surface area contributed by atoms with E-state index in [1.165, 1.54) is 0 Å². The van der Waals surface area contributed by atoms with Gasteiger partial charge in [0.15, 0.2) is 0 Å². The lowest BCUT2D eigenvalue weighted by atomic mass is 10.1. The van der Waals surface area contributed by atoms with E-state index in [0.29, 0.717) is 18.5 Å². The Bertz CT molecular complexity index is 643. The highest BCUT2D eigenvalue weighted by atomic mass is 16.4. The van der Waals surface area contributed by atoms with Crippen LogP contribution in [0, 0.1) is 5.41 Å². The standard InChI is InChI=1S/C12H11N3O3/c16-10(12(3-4-12)11(17)18)15-7-1-2-8-9(5-7)14-6-13-8/h1-2,5-6H,3-4H2,(H,13,14)(H,15,16)(H,17,18). The van der Waals surface area contributed by atoms with Crippen LogP contribution in [-0.2, 0) is 9.59 Å². The third-order valence-corrected chi connectivity index (χ3v) is 3.27.